The van der Waals surface area contributed by atoms with E-state index in [1.165, 1.54) is 7.11 Å². The SMILES string of the molecule is COC(=O)c1ccc(-c2cc(Cl)cc(Cl)c2)cc1. The minimum Gasteiger partial charge on any atom is -0.465 e. The molecule has 92 valence electrons. The van der Waals surface area contributed by atoms with Crippen molar-refractivity contribution in [1.29, 1.82) is 0 Å². The van der Waals surface area contributed by atoms with Crippen LogP contribution in [0, 0.1) is 0 Å². The average molecular weight is 281 g/mol. The van der Waals surface area contributed by atoms with Crippen molar-refractivity contribution in [2.45, 2.75) is 0 Å². The van der Waals surface area contributed by atoms with Crippen LogP contribution in [0.4, 0.5) is 0 Å². The molecular weight excluding hydrogens is 271 g/mol. The second-order valence-corrected chi connectivity index (χ2v) is 4.60. The van der Waals surface area contributed by atoms with E-state index in [2.05, 4.69) is 4.74 Å². The first-order valence-electron chi connectivity index (χ1n) is 5.25. The van der Waals surface area contributed by atoms with Crippen LogP contribution in [0.5, 0.6) is 0 Å². The number of benzene rings is 2. The van der Waals surface area contributed by atoms with Crippen LogP contribution in [-0.2, 0) is 4.74 Å². The van der Waals surface area contributed by atoms with Gasteiger partial charge < -0.3 is 4.74 Å². The zero-order valence-electron chi connectivity index (χ0n) is 9.61. The minimum absolute atomic E-state index is 0.356. The lowest BCUT2D eigenvalue weighted by molar-refractivity contribution is 0.0601. The lowest BCUT2D eigenvalue weighted by Crippen LogP contribution is -2.00. The Morgan fingerprint density at radius 3 is 2.00 bits per heavy atom. The first-order chi connectivity index (χ1) is 8.60. The van der Waals surface area contributed by atoms with Crippen molar-refractivity contribution in [2.24, 2.45) is 0 Å². The van der Waals surface area contributed by atoms with E-state index in [0.29, 0.717) is 15.6 Å². The Hall–Kier alpha value is -1.51. The quantitative estimate of drug-likeness (QED) is 0.760. The average Bonchev–Trinajstić information content (AvgIpc) is 2.37. The van der Waals surface area contributed by atoms with E-state index in [0.717, 1.165) is 11.1 Å². The molecule has 0 aromatic heterocycles. The summed E-state index contributed by atoms with van der Waals surface area (Å²) in [4.78, 5) is 11.3. The van der Waals surface area contributed by atoms with Gasteiger partial charge in [-0.3, -0.25) is 0 Å². The maximum Gasteiger partial charge on any atom is 0.337 e. The topological polar surface area (TPSA) is 26.3 Å². The second-order valence-electron chi connectivity index (χ2n) is 3.73. The fourth-order valence-corrected chi connectivity index (χ4v) is 2.16. The molecule has 0 aliphatic rings. The molecule has 0 radical (unpaired) electrons. The van der Waals surface area contributed by atoms with E-state index >= 15 is 0 Å². The highest BCUT2D eigenvalue weighted by Gasteiger charge is 2.06. The number of esters is 1. The first kappa shape index (κ1) is 12.9. The maximum absolute atomic E-state index is 11.3. The Kier molecular flexibility index (Phi) is 3.90. The summed E-state index contributed by atoms with van der Waals surface area (Å²) in [7, 11) is 1.35. The molecule has 0 spiro atoms. The van der Waals surface area contributed by atoms with E-state index in [9.17, 15) is 4.79 Å². The number of rotatable bonds is 2. The van der Waals surface area contributed by atoms with Crippen molar-refractivity contribution in [1.82, 2.24) is 0 Å². The highest BCUT2D eigenvalue weighted by atomic mass is 35.5. The van der Waals surface area contributed by atoms with Gasteiger partial charge in [0.2, 0.25) is 0 Å². The van der Waals surface area contributed by atoms with E-state index in [-0.39, 0.29) is 5.97 Å². The first-order valence-corrected chi connectivity index (χ1v) is 6.00. The van der Waals surface area contributed by atoms with Crippen LogP contribution in [0.1, 0.15) is 10.4 Å². The Morgan fingerprint density at radius 2 is 1.50 bits per heavy atom. The Bertz CT molecular complexity index is 557. The highest BCUT2D eigenvalue weighted by Crippen LogP contribution is 2.27. The molecule has 0 bridgehead atoms. The zero-order chi connectivity index (χ0) is 13.1. The number of ether oxygens (including phenoxy) is 1. The normalized spacial score (nSPS) is 10.2. The van der Waals surface area contributed by atoms with Crippen LogP contribution < -0.4 is 0 Å². The summed E-state index contributed by atoms with van der Waals surface area (Å²) in [6.07, 6.45) is 0. The Balaban J connectivity index is 2.37. The summed E-state index contributed by atoms with van der Waals surface area (Å²) in [5, 5.41) is 1.16. The second kappa shape index (κ2) is 5.42. The molecule has 2 aromatic rings. The number of methoxy groups -OCH3 is 1. The third-order valence-corrected chi connectivity index (χ3v) is 2.94. The number of carbonyl (C=O) groups excluding carboxylic acids is 1. The van der Waals surface area contributed by atoms with Gasteiger partial charge in [0.15, 0.2) is 0 Å². The largest absolute Gasteiger partial charge is 0.465 e. The van der Waals surface area contributed by atoms with E-state index in [4.69, 9.17) is 23.2 Å². The molecule has 0 saturated heterocycles. The van der Waals surface area contributed by atoms with Crippen LogP contribution in [0.2, 0.25) is 10.0 Å². The van der Waals surface area contributed by atoms with Gasteiger partial charge in [-0.05, 0) is 41.5 Å². The van der Waals surface area contributed by atoms with Crippen molar-refractivity contribution < 1.29 is 9.53 Å². The summed E-state index contributed by atoms with van der Waals surface area (Å²) in [5.41, 5.74) is 2.35. The molecule has 2 rings (SSSR count). The molecule has 4 heteroatoms. The van der Waals surface area contributed by atoms with E-state index in [1.54, 1.807) is 18.2 Å². The number of hydrogen-bond acceptors (Lipinski definition) is 2. The zero-order valence-corrected chi connectivity index (χ0v) is 11.1. The summed E-state index contributed by atoms with van der Waals surface area (Å²) in [6, 6.07) is 12.4. The van der Waals surface area contributed by atoms with Gasteiger partial charge in [0.05, 0.1) is 12.7 Å². The summed E-state index contributed by atoms with van der Waals surface area (Å²) < 4.78 is 4.64. The molecule has 0 heterocycles. The van der Waals surface area contributed by atoms with Crippen LogP contribution in [0.25, 0.3) is 11.1 Å². The van der Waals surface area contributed by atoms with Crippen molar-refractivity contribution in [3.8, 4) is 11.1 Å². The van der Waals surface area contributed by atoms with E-state index < -0.39 is 0 Å². The van der Waals surface area contributed by atoms with Gasteiger partial charge in [0.1, 0.15) is 0 Å². The van der Waals surface area contributed by atoms with Gasteiger partial charge in [0, 0.05) is 10.0 Å². The number of carbonyl (C=O) groups is 1. The third kappa shape index (κ3) is 2.84. The van der Waals surface area contributed by atoms with Gasteiger partial charge in [-0.2, -0.15) is 0 Å². The van der Waals surface area contributed by atoms with Crippen LogP contribution in [0.3, 0.4) is 0 Å². The predicted molar refractivity (Wildman–Crippen MR) is 73.2 cm³/mol. The van der Waals surface area contributed by atoms with Crippen LogP contribution in [0.15, 0.2) is 42.5 Å². The Morgan fingerprint density at radius 1 is 0.944 bits per heavy atom. The van der Waals surface area contributed by atoms with Crippen molar-refractivity contribution in [3.05, 3.63) is 58.1 Å². The van der Waals surface area contributed by atoms with Gasteiger partial charge in [-0.15, -0.1) is 0 Å². The molecular formula is C14H10Cl2O2. The Labute approximate surface area is 115 Å². The molecule has 2 nitrogen and oxygen atoms in total. The molecule has 0 N–H and O–H groups in total. The van der Waals surface area contributed by atoms with Crippen molar-refractivity contribution >= 4 is 29.2 Å². The number of hydrogen-bond donors (Lipinski definition) is 0. The molecule has 0 aliphatic heterocycles. The summed E-state index contributed by atoms with van der Waals surface area (Å²) >= 11 is 11.9. The smallest absolute Gasteiger partial charge is 0.337 e. The lowest BCUT2D eigenvalue weighted by Gasteiger charge is -2.05. The molecule has 0 amide bonds. The molecule has 2 aromatic carbocycles. The molecule has 0 unspecified atom stereocenters. The van der Waals surface area contributed by atoms with Crippen molar-refractivity contribution in [2.75, 3.05) is 7.11 Å². The van der Waals surface area contributed by atoms with Crippen molar-refractivity contribution in [3.63, 3.8) is 0 Å². The lowest BCUT2D eigenvalue weighted by atomic mass is 10.0. The molecule has 18 heavy (non-hydrogen) atoms. The fraction of sp³-hybridized carbons (Fsp3) is 0.0714. The standard InChI is InChI=1S/C14H10Cl2O2/c1-18-14(17)10-4-2-9(3-5-10)11-6-12(15)8-13(16)7-11/h2-8H,1H3. The monoisotopic (exact) mass is 280 g/mol. The minimum atomic E-state index is -0.356. The van der Waals surface area contributed by atoms with Gasteiger partial charge in [0.25, 0.3) is 0 Å². The predicted octanol–water partition coefficient (Wildman–Crippen LogP) is 4.45. The van der Waals surface area contributed by atoms with Gasteiger partial charge >= 0.3 is 5.97 Å². The summed E-state index contributed by atoms with van der Waals surface area (Å²) in [6.45, 7) is 0. The molecule has 0 fully saturated rings. The van der Waals surface area contributed by atoms with Gasteiger partial charge in [-0.1, -0.05) is 35.3 Å². The summed E-state index contributed by atoms with van der Waals surface area (Å²) in [5.74, 6) is -0.356. The van der Waals surface area contributed by atoms with Gasteiger partial charge in [-0.25, -0.2) is 4.79 Å². The van der Waals surface area contributed by atoms with Crippen LogP contribution >= 0.6 is 23.2 Å². The maximum atomic E-state index is 11.3. The molecule has 0 saturated carbocycles. The third-order valence-electron chi connectivity index (χ3n) is 2.50. The van der Waals surface area contributed by atoms with E-state index in [1.807, 2.05) is 24.3 Å². The van der Waals surface area contributed by atoms with Crippen LogP contribution in [-0.4, -0.2) is 13.1 Å². The number of halogens is 2. The molecule has 0 aliphatic carbocycles. The molecule has 0 atom stereocenters. The fourth-order valence-electron chi connectivity index (χ4n) is 1.64. The highest BCUT2D eigenvalue weighted by molar-refractivity contribution is 6.35.